The van der Waals surface area contributed by atoms with Crippen LogP contribution < -0.4 is 4.74 Å². The van der Waals surface area contributed by atoms with Gasteiger partial charge in [-0.15, -0.1) is 0 Å². The summed E-state index contributed by atoms with van der Waals surface area (Å²) in [6, 6.07) is 20.3. The van der Waals surface area contributed by atoms with Crippen LogP contribution in [0.3, 0.4) is 0 Å². The fourth-order valence-electron chi connectivity index (χ4n) is 3.23. The van der Waals surface area contributed by atoms with Crippen molar-refractivity contribution in [3.63, 3.8) is 0 Å². The van der Waals surface area contributed by atoms with Gasteiger partial charge in [0.25, 0.3) is 16.8 Å². The molecule has 0 saturated carbocycles. The second kappa shape index (κ2) is 9.89. The zero-order valence-corrected chi connectivity index (χ0v) is 18.7. The molecule has 0 bridgehead atoms. The maximum Gasteiger partial charge on any atom is 0.293 e. The summed E-state index contributed by atoms with van der Waals surface area (Å²) in [6.45, 7) is 0.191. The molecule has 33 heavy (non-hydrogen) atoms. The lowest BCUT2D eigenvalue weighted by Gasteiger charge is -2.12. The molecule has 2 amide bonds. The number of nitro groups is 1. The van der Waals surface area contributed by atoms with Gasteiger partial charge in [-0.05, 0) is 59.3 Å². The van der Waals surface area contributed by atoms with Crippen LogP contribution in [0.25, 0.3) is 6.08 Å². The van der Waals surface area contributed by atoms with Crippen LogP contribution in [-0.2, 0) is 17.9 Å². The Labute approximate surface area is 198 Å². The van der Waals surface area contributed by atoms with Crippen LogP contribution in [0.15, 0.2) is 77.7 Å². The molecule has 0 unspecified atom stereocenters. The van der Waals surface area contributed by atoms with Crippen molar-refractivity contribution in [2.75, 3.05) is 0 Å². The molecule has 4 rings (SSSR count). The average molecular weight is 481 g/mol. The van der Waals surface area contributed by atoms with Gasteiger partial charge in [-0.2, -0.15) is 0 Å². The number of nitro benzene ring substituents is 1. The summed E-state index contributed by atoms with van der Waals surface area (Å²) in [5.41, 5.74) is 1.92. The number of carbonyl (C=O) groups is 2. The molecule has 0 aliphatic carbocycles. The number of rotatable bonds is 7. The van der Waals surface area contributed by atoms with Crippen LogP contribution >= 0.6 is 23.4 Å². The number of amides is 2. The standard InChI is InChI=1S/C24H17ClN2O5S/c25-19-10-8-16(9-11-19)14-26-23(28)22(33-24(26)29)13-17-4-3-6-20(12-17)32-15-18-5-1-2-7-21(18)27(30)31/h1-13H,14-15H2/b22-13-. The first-order chi connectivity index (χ1) is 15.9. The van der Waals surface area contributed by atoms with Crippen LogP contribution in [-0.4, -0.2) is 21.0 Å². The van der Waals surface area contributed by atoms with Crippen molar-refractivity contribution in [1.29, 1.82) is 0 Å². The molecule has 0 aromatic heterocycles. The smallest absolute Gasteiger partial charge is 0.293 e. The maximum absolute atomic E-state index is 12.8. The Kier molecular flexibility index (Phi) is 6.76. The molecule has 0 radical (unpaired) electrons. The Balaban J connectivity index is 1.47. The number of thioether (sulfide) groups is 1. The largest absolute Gasteiger partial charge is 0.489 e. The van der Waals surface area contributed by atoms with E-state index in [0.717, 1.165) is 17.3 Å². The summed E-state index contributed by atoms with van der Waals surface area (Å²) >= 11 is 6.77. The molecule has 0 atom stereocenters. The van der Waals surface area contributed by atoms with Gasteiger partial charge < -0.3 is 4.74 Å². The minimum Gasteiger partial charge on any atom is -0.489 e. The number of para-hydroxylation sites is 1. The highest BCUT2D eigenvalue weighted by molar-refractivity contribution is 8.18. The average Bonchev–Trinajstić information content (AvgIpc) is 3.06. The van der Waals surface area contributed by atoms with Gasteiger partial charge >= 0.3 is 0 Å². The van der Waals surface area contributed by atoms with Gasteiger partial charge in [-0.1, -0.05) is 48.0 Å². The Hall–Kier alpha value is -3.62. The Bertz CT molecular complexity index is 1260. The Morgan fingerprint density at radius 2 is 1.79 bits per heavy atom. The number of hydrogen-bond donors (Lipinski definition) is 0. The molecule has 3 aromatic carbocycles. The van der Waals surface area contributed by atoms with E-state index in [1.807, 2.05) is 0 Å². The van der Waals surface area contributed by atoms with Crippen molar-refractivity contribution in [1.82, 2.24) is 4.90 Å². The van der Waals surface area contributed by atoms with Crippen molar-refractivity contribution >= 4 is 46.3 Å². The first-order valence-electron chi connectivity index (χ1n) is 9.86. The van der Waals surface area contributed by atoms with E-state index in [-0.39, 0.29) is 30.0 Å². The highest BCUT2D eigenvalue weighted by atomic mass is 35.5. The maximum atomic E-state index is 12.8. The third kappa shape index (κ3) is 5.42. The van der Waals surface area contributed by atoms with Crippen LogP contribution in [0.1, 0.15) is 16.7 Å². The number of benzene rings is 3. The summed E-state index contributed by atoms with van der Waals surface area (Å²) < 4.78 is 5.73. The van der Waals surface area contributed by atoms with Crippen molar-refractivity contribution in [3.05, 3.63) is 110 Å². The van der Waals surface area contributed by atoms with Crippen molar-refractivity contribution < 1.29 is 19.2 Å². The predicted molar refractivity (Wildman–Crippen MR) is 127 cm³/mol. The normalized spacial score (nSPS) is 14.7. The fraction of sp³-hybridized carbons (Fsp3) is 0.0833. The van der Waals surface area contributed by atoms with Crippen LogP contribution in [0, 0.1) is 10.1 Å². The van der Waals surface area contributed by atoms with Crippen molar-refractivity contribution in [2.45, 2.75) is 13.2 Å². The number of carbonyl (C=O) groups excluding carboxylic acids is 2. The number of nitrogens with zero attached hydrogens (tertiary/aromatic N) is 2. The highest BCUT2D eigenvalue weighted by Gasteiger charge is 2.35. The molecule has 0 spiro atoms. The van der Waals surface area contributed by atoms with E-state index in [4.69, 9.17) is 16.3 Å². The van der Waals surface area contributed by atoms with Gasteiger partial charge in [-0.25, -0.2) is 0 Å². The molecule has 166 valence electrons. The zero-order valence-electron chi connectivity index (χ0n) is 17.1. The highest BCUT2D eigenvalue weighted by Crippen LogP contribution is 2.34. The lowest BCUT2D eigenvalue weighted by Crippen LogP contribution is -2.27. The van der Waals surface area contributed by atoms with E-state index in [2.05, 4.69) is 0 Å². The molecule has 1 saturated heterocycles. The summed E-state index contributed by atoms with van der Waals surface area (Å²) in [5.74, 6) is 0.119. The van der Waals surface area contributed by atoms with Gasteiger partial charge in [0, 0.05) is 11.1 Å². The van der Waals surface area contributed by atoms with Gasteiger partial charge in [0.2, 0.25) is 0 Å². The van der Waals surface area contributed by atoms with E-state index < -0.39 is 4.92 Å². The Morgan fingerprint density at radius 1 is 1.03 bits per heavy atom. The number of imide groups is 1. The van der Waals surface area contributed by atoms with Crippen LogP contribution in [0.2, 0.25) is 5.02 Å². The molecule has 1 aliphatic rings. The third-order valence-electron chi connectivity index (χ3n) is 4.87. The first-order valence-corrected chi connectivity index (χ1v) is 11.0. The Morgan fingerprint density at radius 3 is 2.55 bits per heavy atom. The molecular formula is C24H17ClN2O5S. The van der Waals surface area contributed by atoms with E-state index in [9.17, 15) is 19.7 Å². The van der Waals surface area contributed by atoms with Crippen molar-refractivity contribution in [3.8, 4) is 5.75 Å². The molecule has 1 fully saturated rings. The minimum atomic E-state index is -0.449. The topological polar surface area (TPSA) is 89.7 Å². The predicted octanol–water partition coefficient (Wildman–Crippen LogP) is 6.06. The molecule has 1 aliphatic heterocycles. The fourth-order valence-corrected chi connectivity index (χ4v) is 4.19. The second-order valence-electron chi connectivity index (χ2n) is 7.14. The molecular weight excluding hydrogens is 464 g/mol. The second-order valence-corrected chi connectivity index (χ2v) is 8.57. The third-order valence-corrected chi connectivity index (χ3v) is 6.03. The lowest BCUT2D eigenvalue weighted by molar-refractivity contribution is -0.385. The van der Waals surface area contributed by atoms with Gasteiger partial charge in [0.1, 0.15) is 12.4 Å². The SMILES string of the molecule is O=C1S/C(=C\c2cccc(OCc3ccccc3[N+](=O)[O-])c2)C(=O)N1Cc1ccc(Cl)cc1. The summed E-state index contributed by atoms with van der Waals surface area (Å²) in [4.78, 5) is 37.4. The van der Waals surface area contributed by atoms with Gasteiger partial charge in [0.05, 0.1) is 21.9 Å². The lowest BCUT2D eigenvalue weighted by atomic mass is 10.1. The van der Waals surface area contributed by atoms with E-state index in [1.54, 1.807) is 72.8 Å². The van der Waals surface area contributed by atoms with E-state index in [0.29, 0.717) is 26.8 Å². The molecule has 7 nitrogen and oxygen atoms in total. The first kappa shape index (κ1) is 22.6. The quantitative estimate of drug-likeness (QED) is 0.232. The number of hydrogen-bond acceptors (Lipinski definition) is 6. The summed E-state index contributed by atoms with van der Waals surface area (Å²) in [7, 11) is 0. The molecule has 9 heteroatoms. The van der Waals surface area contributed by atoms with Gasteiger partial charge in [0.15, 0.2) is 0 Å². The molecule has 0 N–H and O–H groups in total. The molecule has 1 heterocycles. The van der Waals surface area contributed by atoms with Crippen LogP contribution in [0.4, 0.5) is 10.5 Å². The van der Waals surface area contributed by atoms with E-state index in [1.165, 1.54) is 11.0 Å². The van der Waals surface area contributed by atoms with Crippen molar-refractivity contribution in [2.24, 2.45) is 0 Å². The van der Waals surface area contributed by atoms with E-state index >= 15 is 0 Å². The summed E-state index contributed by atoms with van der Waals surface area (Å²) in [6.07, 6.45) is 1.63. The number of halogens is 1. The number of ether oxygens (including phenoxy) is 1. The zero-order chi connectivity index (χ0) is 23.4. The molecule has 3 aromatic rings. The van der Waals surface area contributed by atoms with Gasteiger partial charge in [-0.3, -0.25) is 24.6 Å². The monoisotopic (exact) mass is 480 g/mol. The minimum absolute atomic E-state index is 0.0111. The summed E-state index contributed by atoms with van der Waals surface area (Å²) in [5, 5.41) is 11.4. The van der Waals surface area contributed by atoms with Crippen LogP contribution in [0.5, 0.6) is 5.75 Å².